The van der Waals surface area contributed by atoms with Crippen LogP contribution in [0.15, 0.2) is 16.9 Å². The van der Waals surface area contributed by atoms with Crippen LogP contribution in [0.2, 0.25) is 0 Å². The van der Waals surface area contributed by atoms with Gasteiger partial charge in [0.1, 0.15) is 11.3 Å². The summed E-state index contributed by atoms with van der Waals surface area (Å²) in [5.41, 5.74) is 0.830. The molecule has 0 radical (unpaired) electrons. The van der Waals surface area contributed by atoms with Gasteiger partial charge in [0.25, 0.3) is 0 Å². The minimum absolute atomic E-state index is 0.155. The number of thioether (sulfide) groups is 1. The van der Waals surface area contributed by atoms with Gasteiger partial charge in [-0.15, -0.1) is 21.5 Å². The van der Waals surface area contributed by atoms with Crippen molar-refractivity contribution in [1.82, 2.24) is 19.7 Å². The standard InChI is InChI=1S/C12H13N5OS2/c1-3-17-7-14-16-12(17)20-6-10(18)9(4-13)11-15-8(2)5-19-11/h5,7,9H,3,6H2,1-2H3/t9-/m1/s1. The van der Waals surface area contributed by atoms with Crippen LogP contribution < -0.4 is 0 Å². The molecule has 0 fully saturated rings. The van der Waals surface area contributed by atoms with E-state index in [-0.39, 0.29) is 11.5 Å². The fourth-order valence-corrected chi connectivity index (χ4v) is 3.31. The molecule has 0 amide bonds. The van der Waals surface area contributed by atoms with Gasteiger partial charge < -0.3 is 4.57 Å². The first kappa shape index (κ1) is 14.7. The first-order valence-corrected chi connectivity index (χ1v) is 7.87. The maximum absolute atomic E-state index is 12.1. The number of aryl methyl sites for hydroxylation is 2. The van der Waals surface area contributed by atoms with Gasteiger partial charge in [0, 0.05) is 17.6 Å². The number of carbonyl (C=O) groups is 1. The molecule has 20 heavy (non-hydrogen) atoms. The number of nitrogens with zero attached hydrogens (tertiary/aromatic N) is 5. The van der Waals surface area contributed by atoms with Gasteiger partial charge in [-0.05, 0) is 13.8 Å². The van der Waals surface area contributed by atoms with E-state index in [1.54, 1.807) is 6.33 Å². The monoisotopic (exact) mass is 307 g/mol. The van der Waals surface area contributed by atoms with Gasteiger partial charge in [-0.3, -0.25) is 4.79 Å². The number of ketones is 1. The van der Waals surface area contributed by atoms with E-state index in [0.29, 0.717) is 10.2 Å². The SMILES string of the molecule is CCn1cnnc1SCC(=O)[C@@H](C#N)c1nc(C)cs1. The molecule has 2 aromatic heterocycles. The van der Waals surface area contributed by atoms with E-state index in [4.69, 9.17) is 0 Å². The van der Waals surface area contributed by atoms with Crippen LogP contribution in [-0.2, 0) is 11.3 Å². The van der Waals surface area contributed by atoms with E-state index < -0.39 is 5.92 Å². The first-order chi connectivity index (χ1) is 9.65. The molecule has 0 saturated heterocycles. The van der Waals surface area contributed by atoms with Crippen molar-refractivity contribution in [2.75, 3.05) is 5.75 Å². The normalized spacial score (nSPS) is 12.1. The predicted octanol–water partition coefficient (Wildman–Crippen LogP) is 2.03. The second kappa shape index (κ2) is 6.63. The molecule has 0 aliphatic carbocycles. The highest BCUT2D eigenvalue weighted by Crippen LogP contribution is 2.24. The number of hydrogen-bond acceptors (Lipinski definition) is 7. The van der Waals surface area contributed by atoms with Crippen molar-refractivity contribution < 1.29 is 4.79 Å². The molecule has 2 rings (SSSR count). The maximum Gasteiger partial charge on any atom is 0.191 e. The van der Waals surface area contributed by atoms with Crippen molar-refractivity contribution in [2.45, 2.75) is 31.5 Å². The molecule has 104 valence electrons. The number of aromatic nitrogens is 4. The highest BCUT2D eigenvalue weighted by molar-refractivity contribution is 7.99. The molecule has 2 heterocycles. The third-order valence-corrected chi connectivity index (χ3v) is 4.63. The number of rotatable bonds is 6. The van der Waals surface area contributed by atoms with Crippen LogP contribution in [0.4, 0.5) is 0 Å². The Labute approximate surface area is 124 Å². The molecule has 1 atom stereocenters. The van der Waals surface area contributed by atoms with Crippen LogP contribution in [0.3, 0.4) is 0 Å². The van der Waals surface area contributed by atoms with Gasteiger partial charge in [0.05, 0.1) is 11.8 Å². The zero-order valence-corrected chi connectivity index (χ0v) is 12.7. The quantitative estimate of drug-likeness (QED) is 0.759. The van der Waals surface area contributed by atoms with Crippen LogP contribution in [0.5, 0.6) is 0 Å². The van der Waals surface area contributed by atoms with E-state index in [1.165, 1.54) is 23.1 Å². The van der Waals surface area contributed by atoms with Crippen molar-refractivity contribution in [2.24, 2.45) is 0 Å². The topological polar surface area (TPSA) is 84.5 Å². The summed E-state index contributed by atoms with van der Waals surface area (Å²) in [5, 5.41) is 20.0. The lowest BCUT2D eigenvalue weighted by molar-refractivity contribution is -0.116. The van der Waals surface area contributed by atoms with Crippen LogP contribution >= 0.6 is 23.1 Å². The molecule has 0 saturated carbocycles. The minimum Gasteiger partial charge on any atom is -0.309 e. The van der Waals surface area contributed by atoms with Gasteiger partial charge in [-0.1, -0.05) is 11.8 Å². The number of carbonyl (C=O) groups excluding carboxylic acids is 1. The molecular formula is C12H13N5OS2. The van der Waals surface area contributed by atoms with Gasteiger partial charge >= 0.3 is 0 Å². The average Bonchev–Trinajstić information content (AvgIpc) is 3.06. The molecular weight excluding hydrogens is 294 g/mol. The lowest BCUT2D eigenvalue weighted by atomic mass is 10.1. The number of thiazole rings is 1. The molecule has 0 bridgehead atoms. The predicted molar refractivity (Wildman–Crippen MR) is 76.6 cm³/mol. The summed E-state index contributed by atoms with van der Waals surface area (Å²) >= 11 is 2.64. The molecule has 0 N–H and O–H groups in total. The molecule has 0 unspecified atom stereocenters. The molecule has 6 nitrogen and oxygen atoms in total. The molecule has 0 aliphatic rings. The van der Waals surface area contributed by atoms with Crippen LogP contribution in [0, 0.1) is 18.3 Å². The summed E-state index contributed by atoms with van der Waals surface area (Å²) < 4.78 is 1.85. The Kier molecular flexibility index (Phi) is 4.87. The first-order valence-electron chi connectivity index (χ1n) is 6.00. The summed E-state index contributed by atoms with van der Waals surface area (Å²) in [7, 11) is 0. The average molecular weight is 307 g/mol. The Morgan fingerprint density at radius 2 is 2.45 bits per heavy atom. The van der Waals surface area contributed by atoms with Crippen molar-refractivity contribution in [1.29, 1.82) is 5.26 Å². The minimum atomic E-state index is -0.792. The van der Waals surface area contributed by atoms with Crippen molar-refractivity contribution >= 4 is 28.9 Å². The van der Waals surface area contributed by atoms with E-state index in [1.807, 2.05) is 29.9 Å². The second-order valence-corrected chi connectivity index (χ2v) is 5.88. The highest BCUT2D eigenvalue weighted by Gasteiger charge is 2.23. The van der Waals surface area contributed by atoms with E-state index in [2.05, 4.69) is 15.2 Å². The summed E-state index contributed by atoms with van der Waals surface area (Å²) in [5.74, 6) is -0.757. The molecule has 0 aromatic carbocycles. The van der Waals surface area contributed by atoms with Gasteiger partial charge in [0.15, 0.2) is 16.9 Å². The zero-order valence-electron chi connectivity index (χ0n) is 11.1. The summed E-state index contributed by atoms with van der Waals surface area (Å²) in [4.78, 5) is 16.4. The second-order valence-electron chi connectivity index (χ2n) is 4.04. The molecule has 8 heteroatoms. The Bertz CT molecular complexity index is 642. The number of nitriles is 1. The molecule has 0 aliphatic heterocycles. The van der Waals surface area contributed by atoms with Crippen molar-refractivity contribution in [3.63, 3.8) is 0 Å². The lowest BCUT2D eigenvalue weighted by Crippen LogP contribution is -2.13. The van der Waals surface area contributed by atoms with E-state index in [0.717, 1.165) is 12.2 Å². The summed E-state index contributed by atoms with van der Waals surface area (Å²) in [6.07, 6.45) is 1.62. The Morgan fingerprint density at radius 1 is 1.65 bits per heavy atom. The van der Waals surface area contributed by atoms with Gasteiger partial charge in [-0.25, -0.2) is 4.98 Å². The van der Waals surface area contributed by atoms with Crippen LogP contribution in [0.1, 0.15) is 23.5 Å². The van der Waals surface area contributed by atoms with E-state index >= 15 is 0 Å². The van der Waals surface area contributed by atoms with E-state index in [9.17, 15) is 10.1 Å². The maximum atomic E-state index is 12.1. The molecule has 2 aromatic rings. The van der Waals surface area contributed by atoms with Crippen LogP contribution in [-0.4, -0.2) is 31.3 Å². The molecule has 0 spiro atoms. The Balaban J connectivity index is 2.02. The summed E-state index contributed by atoms with van der Waals surface area (Å²) in [6, 6.07) is 2.03. The third-order valence-electron chi connectivity index (χ3n) is 2.60. The third kappa shape index (κ3) is 3.23. The Morgan fingerprint density at radius 3 is 3.05 bits per heavy atom. The fourth-order valence-electron chi connectivity index (χ4n) is 1.56. The zero-order chi connectivity index (χ0) is 14.5. The van der Waals surface area contributed by atoms with Gasteiger partial charge in [-0.2, -0.15) is 5.26 Å². The Hall–Kier alpha value is -1.72. The van der Waals surface area contributed by atoms with Crippen molar-refractivity contribution in [3.05, 3.63) is 22.4 Å². The largest absolute Gasteiger partial charge is 0.309 e. The lowest BCUT2D eigenvalue weighted by Gasteiger charge is -2.05. The summed E-state index contributed by atoms with van der Waals surface area (Å²) in [6.45, 7) is 4.57. The van der Waals surface area contributed by atoms with Crippen molar-refractivity contribution in [3.8, 4) is 6.07 Å². The van der Waals surface area contributed by atoms with Gasteiger partial charge in [0.2, 0.25) is 0 Å². The number of hydrogen-bond donors (Lipinski definition) is 0. The highest BCUT2D eigenvalue weighted by atomic mass is 32.2. The fraction of sp³-hybridized carbons (Fsp3) is 0.417. The van der Waals surface area contributed by atoms with Crippen LogP contribution in [0.25, 0.3) is 0 Å². The number of Topliss-reactive ketones (excluding diaryl/α,β-unsaturated/α-hetero) is 1. The smallest absolute Gasteiger partial charge is 0.191 e.